The molecule has 1 aliphatic rings. The molecule has 1 saturated heterocycles. The first kappa shape index (κ1) is 21.3. The highest BCUT2D eigenvalue weighted by molar-refractivity contribution is 7.89. The van der Waals surface area contributed by atoms with Crippen molar-refractivity contribution in [3.63, 3.8) is 0 Å². The Balaban J connectivity index is 1.52. The summed E-state index contributed by atoms with van der Waals surface area (Å²) in [5.74, 6) is 0.589. The van der Waals surface area contributed by atoms with Crippen molar-refractivity contribution in [3.05, 3.63) is 60.2 Å². The number of amides is 1. The summed E-state index contributed by atoms with van der Waals surface area (Å²) in [6.45, 7) is 3.58. The van der Waals surface area contributed by atoms with Crippen molar-refractivity contribution in [1.29, 1.82) is 0 Å². The summed E-state index contributed by atoms with van der Waals surface area (Å²) in [5, 5.41) is 3.24. The number of carbonyl (C=O) groups excluding carboxylic acids is 1. The Hall–Kier alpha value is -2.42. The second kappa shape index (κ2) is 9.39. The van der Waals surface area contributed by atoms with E-state index in [2.05, 4.69) is 5.32 Å². The van der Waals surface area contributed by atoms with Crippen LogP contribution in [-0.2, 0) is 14.8 Å². The van der Waals surface area contributed by atoms with Crippen molar-refractivity contribution in [3.8, 4) is 5.75 Å². The van der Waals surface area contributed by atoms with Gasteiger partial charge in [-0.1, -0.05) is 30.3 Å². The normalized spacial score (nSPS) is 16.4. The van der Waals surface area contributed by atoms with Gasteiger partial charge < -0.3 is 15.0 Å². The molecule has 1 atom stereocenters. The van der Waals surface area contributed by atoms with E-state index in [1.54, 1.807) is 29.2 Å². The largest absolute Gasteiger partial charge is 0.497 e. The topological polar surface area (TPSA) is 79.0 Å². The van der Waals surface area contributed by atoms with Gasteiger partial charge in [0.15, 0.2) is 0 Å². The Labute approximate surface area is 172 Å². The lowest BCUT2D eigenvalue weighted by molar-refractivity contribution is -0.131. The molecule has 8 heteroatoms. The summed E-state index contributed by atoms with van der Waals surface area (Å²) in [6.07, 6.45) is 0. The van der Waals surface area contributed by atoms with Crippen LogP contribution in [0, 0.1) is 0 Å². The standard InChI is InChI=1S/C21H27N3O4S/c1-17(18-6-4-3-5-7-18)22-16-21(25)23-12-14-24(15-13-23)29(26,27)20-10-8-19(28-2)9-11-20/h3-11,17,22H,12-16H2,1-2H3/t17-/m1/s1. The summed E-state index contributed by atoms with van der Waals surface area (Å²) < 4.78 is 32.1. The highest BCUT2D eigenvalue weighted by Crippen LogP contribution is 2.20. The van der Waals surface area contributed by atoms with E-state index in [4.69, 9.17) is 4.74 Å². The zero-order valence-electron chi connectivity index (χ0n) is 16.7. The molecule has 0 spiro atoms. The van der Waals surface area contributed by atoms with Gasteiger partial charge in [0.05, 0.1) is 18.6 Å². The predicted octanol–water partition coefficient (Wildman–Crippen LogP) is 1.88. The van der Waals surface area contributed by atoms with E-state index in [9.17, 15) is 13.2 Å². The molecule has 1 N–H and O–H groups in total. The smallest absolute Gasteiger partial charge is 0.243 e. The molecule has 156 valence electrons. The predicted molar refractivity (Wildman–Crippen MR) is 111 cm³/mol. The van der Waals surface area contributed by atoms with E-state index >= 15 is 0 Å². The van der Waals surface area contributed by atoms with Crippen molar-refractivity contribution < 1.29 is 17.9 Å². The Bertz CT molecular complexity index is 909. The lowest BCUT2D eigenvalue weighted by Crippen LogP contribution is -2.52. The van der Waals surface area contributed by atoms with Crippen LogP contribution in [0.1, 0.15) is 18.5 Å². The maximum absolute atomic E-state index is 12.8. The average molecular weight is 418 g/mol. The van der Waals surface area contributed by atoms with E-state index < -0.39 is 10.0 Å². The molecule has 29 heavy (non-hydrogen) atoms. The molecule has 0 unspecified atom stereocenters. The van der Waals surface area contributed by atoms with Gasteiger partial charge in [-0.05, 0) is 36.8 Å². The Morgan fingerprint density at radius 2 is 1.66 bits per heavy atom. The van der Waals surface area contributed by atoms with Crippen LogP contribution < -0.4 is 10.1 Å². The van der Waals surface area contributed by atoms with E-state index in [1.165, 1.54) is 11.4 Å². The first-order valence-corrected chi connectivity index (χ1v) is 11.1. The summed E-state index contributed by atoms with van der Waals surface area (Å²) in [5.41, 5.74) is 1.12. The molecule has 0 aliphatic carbocycles. The van der Waals surface area contributed by atoms with Crippen molar-refractivity contribution in [2.75, 3.05) is 39.8 Å². The first-order valence-electron chi connectivity index (χ1n) is 9.62. The fraction of sp³-hybridized carbons (Fsp3) is 0.381. The lowest BCUT2D eigenvalue weighted by atomic mass is 10.1. The minimum Gasteiger partial charge on any atom is -0.497 e. The van der Waals surface area contributed by atoms with Crippen LogP contribution in [0.2, 0.25) is 0 Å². The van der Waals surface area contributed by atoms with Gasteiger partial charge in [-0.25, -0.2) is 8.42 Å². The molecular weight excluding hydrogens is 390 g/mol. The minimum absolute atomic E-state index is 0.0192. The van der Waals surface area contributed by atoms with E-state index in [0.29, 0.717) is 18.8 Å². The van der Waals surface area contributed by atoms with Gasteiger partial charge in [-0.2, -0.15) is 4.31 Å². The molecule has 2 aromatic rings. The maximum atomic E-state index is 12.8. The van der Waals surface area contributed by atoms with Gasteiger partial charge in [-0.3, -0.25) is 4.79 Å². The number of carbonyl (C=O) groups is 1. The second-order valence-corrected chi connectivity index (χ2v) is 8.91. The van der Waals surface area contributed by atoms with Crippen LogP contribution in [0.5, 0.6) is 5.75 Å². The third-order valence-corrected chi connectivity index (χ3v) is 7.06. The van der Waals surface area contributed by atoms with Gasteiger partial charge in [-0.15, -0.1) is 0 Å². The van der Waals surface area contributed by atoms with E-state index in [-0.39, 0.29) is 36.5 Å². The number of sulfonamides is 1. The zero-order chi connectivity index (χ0) is 20.9. The highest BCUT2D eigenvalue weighted by Gasteiger charge is 2.30. The number of nitrogens with zero attached hydrogens (tertiary/aromatic N) is 2. The van der Waals surface area contributed by atoms with Crippen LogP contribution in [-0.4, -0.2) is 63.4 Å². The number of piperazine rings is 1. The zero-order valence-corrected chi connectivity index (χ0v) is 17.6. The second-order valence-electron chi connectivity index (χ2n) is 6.97. The molecule has 1 aliphatic heterocycles. The Morgan fingerprint density at radius 1 is 1.03 bits per heavy atom. The van der Waals surface area contributed by atoms with Crippen LogP contribution in [0.3, 0.4) is 0 Å². The average Bonchev–Trinajstić information content (AvgIpc) is 2.78. The minimum atomic E-state index is -3.57. The maximum Gasteiger partial charge on any atom is 0.243 e. The van der Waals surface area contributed by atoms with Crippen molar-refractivity contribution in [2.24, 2.45) is 0 Å². The SMILES string of the molecule is COc1ccc(S(=O)(=O)N2CCN(C(=O)CN[C@H](C)c3ccccc3)CC2)cc1. The van der Waals surface area contributed by atoms with Gasteiger partial charge >= 0.3 is 0 Å². The van der Waals surface area contributed by atoms with Gasteiger partial charge in [0.1, 0.15) is 5.75 Å². The highest BCUT2D eigenvalue weighted by atomic mass is 32.2. The molecule has 0 radical (unpaired) electrons. The third kappa shape index (κ3) is 5.14. The van der Waals surface area contributed by atoms with E-state index in [0.717, 1.165) is 5.56 Å². The van der Waals surface area contributed by atoms with Gasteiger partial charge in [0.25, 0.3) is 0 Å². The fourth-order valence-corrected chi connectivity index (χ4v) is 4.71. The van der Waals surface area contributed by atoms with Crippen LogP contribution in [0.15, 0.2) is 59.5 Å². The van der Waals surface area contributed by atoms with Crippen molar-refractivity contribution >= 4 is 15.9 Å². The molecule has 0 aromatic heterocycles. The molecule has 3 rings (SSSR count). The molecule has 1 heterocycles. The fourth-order valence-electron chi connectivity index (χ4n) is 3.29. The third-order valence-electron chi connectivity index (χ3n) is 5.15. The number of rotatable bonds is 7. The quantitative estimate of drug-likeness (QED) is 0.744. The molecule has 1 amide bonds. The number of nitrogens with one attached hydrogen (secondary N) is 1. The van der Waals surface area contributed by atoms with Crippen molar-refractivity contribution in [1.82, 2.24) is 14.5 Å². The lowest BCUT2D eigenvalue weighted by Gasteiger charge is -2.34. The molecule has 2 aromatic carbocycles. The monoisotopic (exact) mass is 417 g/mol. The van der Waals surface area contributed by atoms with Gasteiger partial charge in [0.2, 0.25) is 15.9 Å². The summed E-state index contributed by atoms with van der Waals surface area (Å²) in [4.78, 5) is 14.5. The van der Waals surface area contributed by atoms with Crippen LogP contribution >= 0.6 is 0 Å². The summed E-state index contributed by atoms with van der Waals surface area (Å²) in [6, 6.07) is 16.4. The van der Waals surface area contributed by atoms with Gasteiger partial charge in [0, 0.05) is 32.2 Å². The summed E-state index contributed by atoms with van der Waals surface area (Å²) in [7, 11) is -2.04. The van der Waals surface area contributed by atoms with Crippen molar-refractivity contribution in [2.45, 2.75) is 17.9 Å². The molecule has 0 saturated carbocycles. The number of methoxy groups -OCH3 is 1. The Morgan fingerprint density at radius 3 is 2.24 bits per heavy atom. The van der Waals surface area contributed by atoms with E-state index in [1.807, 2.05) is 37.3 Å². The molecule has 7 nitrogen and oxygen atoms in total. The number of benzene rings is 2. The van der Waals surface area contributed by atoms with Crippen LogP contribution in [0.4, 0.5) is 0 Å². The Kier molecular flexibility index (Phi) is 6.89. The molecular formula is C21H27N3O4S. The summed E-state index contributed by atoms with van der Waals surface area (Å²) >= 11 is 0. The number of hydrogen-bond acceptors (Lipinski definition) is 5. The molecule has 1 fully saturated rings. The number of hydrogen-bond donors (Lipinski definition) is 1. The molecule has 0 bridgehead atoms. The number of ether oxygens (including phenoxy) is 1. The first-order chi connectivity index (χ1) is 13.9. The van der Waals surface area contributed by atoms with Crippen LogP contribution in [0.25, 0.3) is 0 Å².